The second-order valence-electron chi connectivity index (χ2n) is 8.55. The van der Waals surface area contributed by atoms with E-state index in [9.17, 15) is 4.79 Å². The van der Waals surface area contributed by atoms with Crippen molar-refractivity contribution < 1.29 is 19.0 Å². The SMILES string of the molecule is COc1ccc([C@H]2CC(=O)C3=C(C2)Nc2ccccc2N[C@H]3c2cc(OC)ccc2OC)cc1. The molecule has 0 saturated carbocycles. The van der Waals surface area contributed by atoms with E-state index in [4.69, 9.17) is 14.2 Å². The van der Waals surface area contributed by atoms with Crippen molar-refractivity contribution in [3.05, 3.63) is 89.1 Å². The van der Waals surface area contributed by atoms with Gasteiger partial charge in [-0.25, -0.2) is 0 Å². The van der Waals surface area contributed by atoms with E-state index in [1.54, 1.807) is 21.3 Å². The Morgan fingerprint density at radius 3 is 2.21 bits per heavy atom. The minimum Gasteiger partial charge on any atom is -0.497 e. The summed E-state index contributed by atoms with van der Waals surface area (Å²) in [5.41, 5.74) is 5.55. The summed E-state index contributed by atoms with van der Waals surface area (Å²) >= 11 is 0. The van der Waals surface area contributed by atoms with Crippen molar-refractivity contribution in [3.8, 4) is 17.2 Å². The van der Waals surface area contributed by atoms with Crippen molar-refractivity contribution in [1.29, 1.82) is 0 Å². The number of ether oxygens (including phenoxy) is 3. The van der Waals surface area contributed by atoms with Gasteiger partial charge in [0.2, 0.25) is 0 Å². The summed E-state index contributed by atoms with van der Waals surface area (Å²) in [6, 6.07) is 21.3. The van der Waals surface area contributed by atoms with Crippen molar-refractivity contribution in [1.82, 2.24) is 0 Å². The average Bonchev–Trinajstić information content (AvgIpc) is 3.05. The number of carbonyl (C=O) groups is 1. The normalized spacial score (nSPS) is 19.2. The van der Waals surface area contributed by atoms with Crippen LogP contribution in [0.3, 0.4) is 0 Å². The van der Waals surface area contributed by atoms with Crippen LogP contribution in [-0.2, 0) is 4.79 Å². The summed E-state index contributed by atoms with van der Waals surface area (Å²) in [5.74, 6) is 2.42. The second kappa shape index (κ2) is 9.14. The third kappa shape index (κ3) is 3.96. The minimum absolute atomic E-state index is 0.0859. The molecule has 1 aliphatic carbocycles. The molecule has 174 valence electrons. The van der Waals surface area contributed by atoms with Crippen LogP contribution in [0.15, 0.2) is 78.0 Å². The number of allylic oxidation sites excluding steroid dienone is 1. The lowest BCUT2D eigenvalue weighted by Crippen LogP contribution is -2.27. The van der Waals surface area contributed by atoms with E-state index in [1.165, 1.54) is 0 Å². The van der Waals surface area contributed by atoms with Gasteiger partial charge in [0.15, 0.2) is 5.78 Å². The lowest BCUT2D eigenvalue weighted by Gasteiger charge is -2.30. The quantitative estimate of drug-likeness (QED) is 0.514. The molecule has 0 saturated heterocycles. The van der Waals surface area contributed by atoms with E-state index in [0.717, 1.165) is 45.9 Å². The minimum atomic E-state index is -0.375. The number of para-hydroxylation sites is 2. The van der Waals surface area contributed by atoms with Gasteiger partial charge in [0.05, 0.1) is 38.7 Å². The maximum atomic E-state index is 13.7. The molecule has 2 aliphatic rings. The van der Waals surface area contributed by atoms with Crippen molar-refractivity contribution in [3.63, 3.8) is 0 Å². The number of methoxy groups -OCH3 is 3. The number of nitrogens with one attached hydrogen (secondary N) is 2. The smallest absolute Gasteiger partial charge is 0.163 e. The Labute approximate surface area is 199 Å². The van der Waals surface area contributed by atoms with Gasteiger partial charge in [0.1, 0.15) is 17.2 Å². The third-order valence-electron chi connectivity index (χ3n) is 6.64. The highest BCUT2D eigenvalue weighted by Crippen LogP contribution is 2.46. The number of benzene rings is 3. The maximum Gasteiger partial charge on any atom is 0.163 e. The molecule has 0 aromatic heterocycles. The van der Waals surface area contributed by atoms with Crippen molar-refractivity contribution in [2.45, 2.75) is 24.8 Å². The fourth-order valence-electron chi connectivity index (χ4n) is 4.90. The summed E-state index contributed by atoms with van der Waals surface area (Å²) < 4.78 is 16.5. The van der Waals surface area contributed by atoms with Crippen LogP contribution in [0.1, 0.15) is 35.9 Å². The molecule has 3 aromatic rings. The van der Waals surface area contributed by atoms with Gasteiger partial charge in [-0.05, 0) is 60.4 Å². The molecular formula is C28H28N2O4. The number of rotatable bonds is 5. The predicted molar refractivity (Wildman–Crippen MR) is 133 cm³/mol. The average molecular weight is 457 g/mol. The Kier molecular flexibility index (Phi) is 5.88. The van der Waals surface area contributed by atoms with E-state index in [2.05, 4.69) is 10.6 Å². The fraction of sp³-hybridized carbons (Fsp3) is 0.250. The molecule has 5 rings (SSSR count). The van der Waals surface area contributed by atoms with Gasteiger partial charge in [-0.3, -0.25) is 4.79 Å². The topological polar surface area (TPSA) is 68.8 Å². The number of ketones is 1. The molecular weight excluding hydrogens is 428 g/mol. The molecule has 0 radical (unpaired) electrons. The molecule has 2 atom stereocenters. The maximum absolute atomic E-state index is 13.7. The summed E-state index contributed by atoms with van der Waals surface area (Å²) in [5, 5.41) is 7.19. The predicted octanol–water partition coefficient (Wildman–Crippen LogP) is 5.69. The Morgan fingerprint density at radius 1 is 0.794 bits per heavy atom. The number of fused-ring (bicyclic) bond motifs is 1. The van der Waals surface area contributed by atoms with Crippen molar-refractivity contribution >= 4 is 17.2 Å². The van der Waals surface area contributed by atoms with Crippen LogP contribution in [0, 0.1) is 0 Å². The highest BCUT2D eigenvalue weighted by molar-refractivity contribution is 6.01. The van der Waals surface area contributed by atoms with Gasteiger partial charge >= 0.3 is 0 Å². The lowest BCUT2D eigenvalue weighted by atomic mass is 9.78. The summed E-state index contributed by atoms with van der Waals surface area (Å²) in [4.78, 5) is 13.7. The standard InChI is InChI=1S/C28H28N2O4/c1-32-19-10-8-17(9-11-19)18-14-24-27(25(31)15-18)28(30-23-7-5-4-6-22(23)29-24)21-16-20(33-2)12-13-26(21)34-3/h4-13,16,18,28-30H,14-15H2,1-3H3/t18-,28+/m1/s1. The van der Waals surface area contributed by atoms with Crippen LogP contribution < -0.4 is 24.8 Å². The number of carbonyl (C=O) groups excluding carboxylic acids is 1. The third-order valence-corrected chi connectivity index (χ3v) is 6.64. The lowest BCUT2D eigenvalue weighted by molar-refractivity contribution is -0.116. The molecule has 2 N–H and O–H groups in total. The van der Waals surface area contributed by atoms with E-state index in [1.807, 2.05) is 66.7 Å². The monoisotopic (exact) mass is 456 g/mol. The van der Waals surface area contributed by atoms with Crippen LogP contribution in [0.25, 0.3) is 0 Å². The number of hydrogen-bond donors (Lipinski definition) is 2. The van der Waals surface area contributed by atoms with Crippen LogP contribution in [0.4, 0.5) is 11.4 Å². The largest absolute Gasteiger partial charge is 0.497 e. The highest BCUT2D eigenvalue weighted by atomic mass is 16.5. The van der Waals surface area contributed by atoms with E-state index in [0.29, 0.717) is 17.9 Å². The molecule has 1 heterocycles. The van der Waals surface area contributed by atoms with E-state index >= 15 is 0 Å². The first-order valence-electron chi connectivity index (χ1n) is 11.4. The zero-order valence-electron chi connectivity index (χ0n) is 19.6. The molecule has 1 aliphatic heterocycles. The van der Waals surface area contributed by atoms with Gasteiger partial charge in [0.25, 0.3) is 0 Å². The Morgan fingerprint density at radius 2 is 1.50 bits per heavy atom. The zero-order chi connectivity index (χ0) is 23.7. The van der Waals surface area contributed by atoms with Crippen LogP contribution in [-0.4, -0.2) is 27.1 Å². The zero-order valence-corrected chi connectivity index (χ0v) is 19.6. The first-order chi connectivity index (χ1) is 16.6. The van der Waals surface area contributed by atoms with Crippen molar-refractivity contribution in [2.75, 3.05) is 32.0 Å². The molecule has 6 nitrogen and oxygen atoms in total. The Hall–Kier alpha value is -3.93. The molecule has 0 bridgehead atoms. The first-order valence-corrected chi connectivity index (χ1v) is 11.4. The van der Waals surface area contributed by atoms with Gasteiger partial charge in [-0.1, -0.05) is 24.3 Å². The van der Waals surface area contributed by atoms with Gasteiger partial charge in [0, 0.05) is 23.3 Å². The molecule has 0 amide bonds. The Balaban J connectivity index is 1.62. The van der Waals surface area contributed by atoms with Gasteiger partial charge in [-0.2, -0.15) is 0 Å². The molecule has 0 spiro atoms. The van der Waals surface area contributed by atoms with Crippen LogP contribution >= 0.6 is 0 Å². The molecule has 6 heteroatoms. The highest BCUT2D eigenvalue weighted by Gasteiger charge is 2.37. The summed E-state index contributed by atoms with van der Waals surface area (Å²) in [7, 11) is 4.94. The van der Waals surface area contributed by atoms with Gasteiger partial charge in [-0.15, -0.1) is 0 Å². The molecule has 0 fully saturated rings. The summed E-state index contributed by atoms with van der Waals surface area (Å²) in [6.45, 7) is 0. The van der Waals surface area contributed by atoms with E-state index < -0.39 is 0 Å². The number of hydrogen-bond acceptors (Lipinski definition) is 6. The molecule has 0 unspecified atom stereocenters. The second-order valence-corrected chi connectivity index (χ2v) is 8.55. The summed E-state index contributed by atoms with van der Waals surface area (Å²) in [6.07, 6.45) is 1.17. The van der Waals surface area contributed by atoms with Gasteiger partial charge < -0.3 is 24.8 Å². The number of Topliss-reactive ketones (excluding diaryl/α,β-unsaturated/α-hetero) is 1. The molecule has 3 aromatic carbocycles. The fourth-order valence-corrected chi connectivity index (χ4v) is 4.90. The van der Waals surface area contributed by atoms with E-state index in [-0.39, 0.29) is 17.7 Å². The molecule has 34 heavy (non-hydrogen) atoms. The first kappa shape index (κ1) is 21.9. The van der Waals surface area contributed by atoms with Crippen LogP contribution in [0.5, 0.6) is 17.2 Å². The Bertz CT molecular complexity index is 1250. The van der Waals surface area contributed by atoms with Crippen LogP contribution in [0.2, 0.25) is 0 Å². The number of anilines is 2. The van der Waals surface area contributed by atoms with Crippen molar-refractivity contribution in [2.24, 2.45) is 0 Å².